The Kier molecular flexibility index (Phi) is 7.05. The van der Waals surface area contributed by atoms with Gasteiger partial charge in [-0.15, -0.1) is 0 Å². The zero-order chi connectivity index (χ0) is 14.3. The van der Waals surface area contributed by atoms with Crippen molar-refractivity contribution in [1.29, 1.82) is 0 Å². The largest absolute Gasteiger partial charge is 0.393 e. The first-order chi connectivity index (χ1) is 8.97. The fraction of sp³-hybridized carbons (Fsp3) is 0.500. The van der Waals surface area contributed by atoms with E-state index in [2.05, 4.69) is 21.2 Å². The summed E-state index contributed by atoms with van der Waals surface area (Å²) in [5.74, 6) is 0.00576. The van der Waals surface area contributed by atoms with Crippen LogP contribution < -0.4 is 5.32 Å². The lowest BCUT2D eigenvalue weighted by molar-refractivity contribution is -0.116. The fourth-order valence-corrected chi connectivity index (χ4v) is 1.83. The minimum atomic E-state index is -0.293. The topological polar surface area (TPSA) is 52.6 Å². The molecular weight excluding hydrogens is 308 g/mol. The lowest BCUT2D eigenvalue weighted by Gasteiger charge is -2.17. The second-order valence-electron chi connectivity index (χ2n) is 4.75. The van der Waals surface area contributed by atoms with E-state index in [0.717, 1.165) is 23.1 Å². The standard InChI is InChI=1S/C14H21BrN2O2/c1-11(18)7-9-17(2)10-8-14(19)16-13-5-3-12(15)4-6-13/h3-6,11,18H,7-10H2,1-2H3,(H,16,19). The van der Waals surface area contributed by atoms with E-state index >= 15 is 0 Å². The summed E-state index contributed by atoms with van der Waals surface area (Å²) in [4.78, 5) is 13.8. The number of aliphatic hydroxyl groups is 1. The van der Waals surface area contributed by atoms with Crippen molar-refractivity contribution in [2.75, 3.05) is 25.5 Å². The molecule has 5 heteroatoms. The van der Waals surface area contributed by atoms with Gasteiger partial charge in [-0.2, -0.15) is 0 Å². The first-order valence-electron chi connectivity index (χ1n) is 6.39. The Morgan fingerprint density at radius 2 is 2.00 bits per heavy atom. The van der Waals surface area contributed by atoms with Gasteiger partial charge in [0.1, 0.15) is 0 Å². The van der Waals surface area contributed by atoms with Crippen LogP contribution in [0.25, 0.3) is 0 Å². The average Bonchev–Trinajstić information content (AvgIpc) is 2.36. The molecule has 4 nitrogen and oxygen atoms in total. The molecule has 1 aromatic rings. The molecule has 2 N–H and O–H groups in total. The van der Waals surface area contributed by atoms with Crippen LogP contribution in [0.5, 0.6) is 0 Å². The molecule has 1 atom stereocenters. The van der Waals surface area contributed by atoms with Crippen LogP contribution in [-0.4, -0.2) is 42.2 Å². The van der Waals surface area contributed by atoms with Crippen molar-refractivity contribution in [3.63, 3.8) is 0 Å². The van der Waals surface area contributed by atoms with E-state index < -0.39 is 0 Å². The number of anilines is 1. The van der Waals surface area contributed by atoms with E-state index in [1.807, 2.05) is 36.2 Å². The summed E-state index contributed by atoms with van der Waals surface area (Å²) >= 11 is 3.35. The summed E-state index contributed by atoms with van der Waals surface area (Å²) in [5, 5.41) is 12.0. The fourth-order valence-electron chi connectivity index (χ4n) is 1.57. The van der Waals surface area contributed by atoms with Gasteiger partial charge in [0.05, 0.1) is 6.10 Å². The number of amides is 1. The van der Waals surface area contributed by atoms with Gasteiger partial charge < -0.3 is 15.3 Å². The van der Waals surface area contributed by atoms with Crippen molar-refractivity contribution in [2.24, 2.45) is 0 Å². The van der Waals surface area contributed by atoms with Crippen LogP contribution in [0, 0.1) is 0 Å². The number of carbonyl (C=O) groups is 1. The van der Waals surface area contributed by atoms with E-state index in [0.29, 0.717) is 13.0 Å². The van der Waals surface area contributed by atoms with E-state index in [9.17, 15) is 9.90 Å². The number of hydrogen-bond donors (Lipinski definition) is 2. The highest BCUT2D eigenvalue weighted by molar-refractivity contribution is 9.10. The molecular formula is C14H21BrN2O2. The van der Waals surface area contributed by atoms with Gasteiger partial charge in [-0.05, 0) is 44.7 Å². The zero-order valence-corrected chi connectivity index (χ0v) is 13.0. The molecule has 0 saturated heterocycles. The number of nitrogens with zero attached hydrogens (tertiary/aromatic N) is 1. The summed E-state index contributed by atoms with van der Waals surface area (Å²) in [6.45, 7) is 3.26. The smallest absolute Gasteiger partial charge is 0.225 e. The first kappa shape index (κ1) is 16.1. The molecule has 0 saturated carbocycles. The van der Waals surface area contributed by atoms with Crippen molar-refractivity contribution in [1.82, 2.24) is 4.90 Å². The Morgan fingerprint density at radius 3 is 2.58 bits per heavy atom. The number of hydrogen-bond acceptors (Lipinski definition) is 3. The molecule has 1 rings (SSSR count). The van der Waals surface area contributed by atoms with Gasteiger partial charge in [-0.3, -0.25) is 4.79 Å². The predicted octanol–water partition coefficient (Wildman–Crippen LogP) is 2.48. The highest BCUT2D eigenvalue weighted by atomic mass is 79.9. The Morgan fingerprint density at radius 1 is 1.37 bits per heavy atom. The molecule has 1 aromatic carbocycles. The summed E-state index contributed by atoms with van der Waals surface area (Å²) in [5.41, 5.74) is 0.805. The molecule has 106 valence electrons. The predicted molar refractivity (Wildman–Crippen MR) is 81.2 cm³/mol. The third-order valence-electron chi connectivity index (χ3n) is 2.78. The molecule has 19 heavy (non-hydrogen) atoms. The molecule has 1 unspecified atom stereocenters. The first-order valence-corrected chi connectivity index (χ1v) is 7.18. The van der Waals surface area contributed by atoms with Crippen LogP contribution in [0.2, 0.25) is 0 Å². The lowest BCUT2D eigenvalue weighted by atomic mass is 10.2. The summed E-state index contributed by atoms with van der Waals surface area (Å²) in [6, 6.07) is 7.51. The minimum absolute atomic E-state index is 0.00576. The molecule has 0 aromatic heterocycles. The minimum Gasteiger partial charge on any atom is -0.393 e. The Labute approximate surface area is 122 Å². The monoisotopic (exact) mass is 328 g/mol. The van der Waals surface area contributed by atoms with E-state index in [1.165, 1.54) is 0 Å². The average molecular weight is 329 g/mol. The van der Waals surface area contributed by atoms with Gasteiger partial charge in [0.15, 0.2) is 0 Å². The number of nitrogens with one attached hydrogen (secondary N) is 1. The van der Waals surface area contributed by atoms with Gasteiger partial charge in [0.25, 0.3) is 0 Å². The van der Waals surface area contributed by atoms with Crippen molar-refractivity contribution in [3.05, 3.63) is 28.7 Å². The highest BCUT2D eigenvalue weighted by Crippen LogP contribution is 2.14. The maximum absolute atomic E-state index is 11.7. The van der Waals surface area contributed by atoms with Gasteiger partial charge in [0.2, 0.25) is 5.91 Å². The molecule has 1 amide bonds. The quantitative estimate of drug-likeness (QED) is 0.808. The van der Waals surface area contributed by atoms with E-state index in [1.54, 1.807) is 6.92 Å². The number of halogens is 1. The van der Waals surface area contributed by atoms with Crippen molar-refractivity contribution < 1.29 is 9.90 Å². The number of rotatable bonds is 7. The van der Waals surface area contributed by atoms with Crippen LogP contribution in [0.1, 0.15) is 19.8 Å². The summed E-state index contributed by atoms with van der Waals surface area (Å²) < 4.78 is 0.989. The zero-order valence-electron chi connectivity index (χ0n) is 11.4. The van der Waals surface area contributed by atoms with Crippen molar-refractivity contribution in [3.8, 4) is 0 Å². The van der Waals surface area contributed by atoms with Gasteiger partial charge in [-0.25, -0.2) is 0 Å². The number of aliphatic hydroxyl groups excluding tert-OH is 1. The molecule has 0 aliphatic rings. The Hall–Kier alpha value is -0.910. The second kappa shape index (κ2) is 8.30. The maximum atomic E-state index is 11.7. The van der Waals surface area contributed by atoms with Gasteiger partial charge in [-0.1, -0.05) is 15.9 Å². The summed E-state index contributed by atoms with van der Waals surface area (Å²) in [7, 11) is 1.95. The molecule has 0 fully saturated rings. The third kappa shape index (κ3) is 7.30. The second-order valence-corrected chi connectivity index (χ2v) is 5.66. The van der Waals surface area contributed by atoms with Crippen molar-refractivity contribution in [2.45, 2.75) is 25.9 Å². The SMILES string of the molecule is CC(O)CCN(C)CCC(=O)Nc1ccc(Br)cc1. The molecule has 0 aliphatic heterocycles. The lowest BCUT2D eigenvalue weighted by Crippen LogP contribution is -2.26. The van der Waals surface area contributed by atoms with Crippen LogP contribution in [0.4, 0.5) is 5.69 Å². The van der Waals surface area contributed by atoms with E-state index in [4.69, 9.17) is 0 Å². The molecule has 0 radical (unpaired) electrons. The number of carbonyl (C=O) groups excluding carboxylic acids is 1. The maximum Gasteiger partial charge on any atom is 0.225 e. The molecule has 0 heterocycles. The molecule has 0 spiro atoms. The molecule has 0 aliphatic carbocycles. The van der Waals surface area contributed by atoms with Crippen LogP contribution in [0.3, 0.4) is 0 Å². The third-order valence-corrected chi connectivity index (χ3v) is 3.31. The Bertz CT molecular complexity index is 393. The molecule has 0 bridgehead atoms. The number of benzene rings is 1. The highest BCUT2D eigenvalue weighted by Gasteiger charge is 2.06. The van der Waals surface area contributed by atoms with Gasteiger partial charge >= 0.3 is 0 Å². The van der Waals surface area contributed by atoms with E-state index in [-0.39, 0.29) is 12.0 Å². The summed E-state index contributed by atoms with van der Waals surface area (Å²) in [6.07, 6.45) is 0.885. The van der Waals surface area contributed by atoms with Gasteiger partial charge in [0, 0.05) is 29.7 Å². The van der Waals surface area contributed by atoms with Crippen LogP contribution >= 0.6 is 15.9 Å². The Balaban J connectivity index is 2.26. The normalized spacial score (nSPS) is 12.5. The van der Waals surface area contributed by atoms with Crippen molar-refractivity contribution >= 4 is 27.5 Å². The van der Waals surface area contributed by atoms with Crippen LogP contribution in [0.15, 0.2) is 28.7 Å². The van der Waals surface area contributed by atoms with Crippen LogP contribution in [-0.2, 0) is 4.79 Å².